The van der Waals surface area contributed by atoms with Crippen LogP contribution in [0.3, 0.4) is 0 Å². The number of benzene rings is 1. The quantitative estimate of drug-likeness (QED) is 0.692. The molecule has 124 valence electrons. The van der Waals surface area contributed by atoms with Crippen LogP contribution >= 0.6 is 0 Å². The van der Waals surface area contributed by atoms with E-state index in [0.717, 1.165) is 18.1 Å². The molecule has 9 heteroatoms. The van der Waals surface area contributed by atoms with Crippen LogP contribution in [0, 0.1) is 0 Å². The normalized spacial score (nSPS) is 23.7. The van der Waals surface area contributed by atoms with E-state index in [9.17, 15) is 16.8 Å². The van der Waals surface area contributed by atoms with E-state index in [4.69, 9.17) is 8.37 Å². The van der Waals surface area contributed by atoms with Crippen LogP contribution in [0.5, 0.6) is 0 Å². The molecule has 0 radical (unpaired) electrons. The molecule has 1 aromatic rings. The minimum Gasteiger partial charge on any atom is -0.270 e. The Hall–Kier alpha value is -1.00. The Labute approximate surface area is 131 Å². The van der Waals surface area contributed by atoms with Gasteiger partial charge in [-0.3, -0.25) is 13.3 Å². The van der Waals surface area contributed by atoms with Crippen LogP contribution in [-0.4, -0.2) is 53.1 Å². The van der Waals surface area contributed by atoms with Crippen molar-refractivity contribution in [3.63, 3.8) is 0 Å². The fourth-order valence-corrected chi connectivity index (χ4v) is 3.67. The molecule has 0 aliphatic carbocycles. The molecule has 1 aromatic carbocycles. The monoisotopic (exact) mass is 349 g/mol. The predicted octanol–water partition coefficient (Wildman–Crippen LogP) is 0.539. The molecule has 0 amide bonds. The van der Waals surface area contributed by atoms with Crippen LogP contribution in [0.2, 0.25) is 0 Å². The minimum atomic E-state index is -3.65. The van der Waals surface area contributed by atoms with Crippen molar-refractivity contribution in [1.29, 1.82) is 0 Å². The second-order valence-corrected chi connectivity index (χ2v) is 8.53. The largest absolute Gasteiger partial charge is 0.270 e. The summed E-state index contributed by atoms with van der Waals surface area (Å²) in [6, 6.07) is 9.45. The third kappa shape index (κ3) is 5.65. The van der Waals surface area contributed by atoms with Gasteiger partial charge < -0.3 is 0 Å². The maximum absolute atomic E-state index is 11.4. The molecule has 22 heavy (non-hydrogen) atoms. The van der Waals surface area contributed by atoms with E-state index in [-0.39, 0.29) is 13.0 Å². The van der Waals surface area contributed by atoms with Gasteiger partial charge >= 0.3 is 0 Å². The molecule has 7 nitrogen and oxygen atoms in total. The Morgan fingerprint density at radius 1 is 1.05 bits per heavy atom. The van der Waals surface area contributed by atoms with Crippen molar-refractivity contribution < 1.29 is 25.2 Å². The summed E-state index contributed by atoms with van der Waals surface area (Å²) in [7, 11) is -7.25. The van der Waals surface area contributed by atoms with Crippen molar-refractivity contribution in [2.75, 3.05) is 19.1 Å². The summed E-state index contributed by atoms with van der Waals surface area (Å²) < 4.78 is 55.2. The SMILES string of the molecule is CS(=O)(=O)OC1C[C@H](OS(C)(=O)=O)CN1Cc1ccccc1. The highest BCUT2D eigenvalue weighted by atomic mass is 32.2. The number of likely N-dealkylation sites (tertiary alicyclic amines) is 1. The summed E-state index contributed by atoms with van der Waals surface area (Å²) in [6.07, 6.45) is 0.762. The second-order valence-electron chi connectivity index (χ2n) is 5.33. The zero-order chi connectivity index (χ0) is 16.4. The summed E-state index contributed by atoms with van der Waals surface area (Å²) >= 11 is 0. The van der Waals surface area contributed by atoms with E-state index >= 15 is 0 Å². The van der Waals surface area contributed by atoms with Crippen molar-refractivity contribution in [3.05, 3.63) is 35.9 Å². The van der Waals surface area contributed by atoms with Gasteiger partial charge in [0.15, 0.2) is 0 Å². The van der Waals surface area contributed by atoms with Gasteiger partial charge in [0.05, 0.1) is 18.6 Å². The highest BCUT2D eigenvalue weighted by Crippen LogP contribution is 2.25. The van der Waals surface area contributed by atoms with Crippen LogP contribution in [-0.2, 0) is 35.1 Å². The van der Waals surface area contributed by atoms with Gasteiger partial charge in [-0.15, -0.1) is 0 Å². The molecule has 1 aliphatic rings. The molecule has 1 unspecified atom stereocenters. The van der Waals surface area contributed by atoms with Crippen LogP contribution < -0.4 is 0 Å². The zero-order valence-electron chi connectivity index (χ0n) is 12.4. The fraction of sp³-hybridized carbons (Fsp3) is 0.538. The molecule has 0 N–H and O–H groups in total. The van der Waals surface area contributed by atoms with Gasteiger partial charge in [-0.05, 0) is 5.56 Å². The van der Waals surface area contributed by atoms with E-state index < -0.39 is 32.6 Å². The molecule has 1 saturated heterocycles. The molecule has 2 rings (SSSR count). The summed E-state index contributed by atoms with van der Waals surface area (Å²) in [5.41, 5.74) is 0.976. The Bertz CT molecular complexity index is 701. The highest BCUT2D eigenvalue weighted by molar-refractivity contribution is 7.86. The molecule has 0 spiro atoms. The van der Waals surface area contributed by atoms with Crippen molar-refractivity contribution in [2.24, 2.45) is 0 Å². The third-order valence-corrected chi connectivity index (χ3v) is 4.33. The first kappa shape index (κ1) is 17.4. The lowest BCUT2D eigenvalue weighted by Gasteiger charge is -2.22. The Morgan fingerprint density at radius 2 is 1.64 bits per heavy atom. The van der Waals surface area contributed by atoms with Crippen molar-refractivity contribution in [3.8, 4) is 0 Å². The molecular weight excluding hydrogens is 330 g/mol. The van der Waals surface area contributed by atoms with Gasteiger partial charge in [0.2, 0.25) is 0 Å². The Balaban J connectivity index is 2.12. The summed E-state index contributed by atoms with van der Waals surface area (Å²) in [5.74, 6) is 0. The molecule has 0 aromatic heterocycles. The lowest BCUT2D eigenvalue weighted by Crippen LogP contribution is -2.33. The number of rotatable bonds is 6. The van der Waals surface area contributed by atoms with Gasteiger partial charge in [0.25, 0.3) is 20.2 Å². The molecule has 1 heterocycles. The van der Waals surface area contributed by atoms with Gasteiger partial charge in [-0.2, -0.15) is 16.8 Å². The average Bonchev–Trinajstić information content (AvgIpc) is 2.67. The van der Waals surface area contributed by atoms with E-state index in [1.165, 1.54) is 0 Å². The molecule has 2 atom stereocenters. The smallest absolute Gasteiger partial charge is 0.265 e. The Morgan fingerprint density at radius 3 is 2.18 bits per heavy atom. The molecular formula is C13H19NO6S2. The number of nitrogens with zero attached hydrogens (tertiary/aromatic N) is 1. The summed E-state index contributed by atoms with van der Waals surface area (Å²) in [5, 5.41) is 0. The van der Waals surface area contributed by atoms with Gasteiger partial charge in [-0.1, -0.05) is 30.3 Å². The van der Waals surface area contributed by atoms with Crippen LogP contribution in [0.15, 0.2) is 30.3 Å². The number of hydrogen-bond acceptors (Lipinski definition) is 7. The fourth-order valence-electron chi connectivity index (χ4n) is 2.43. The first-order valence-electron chi connectivity index (χ1n) is 6.67. The van der Waals surface area contributed by atoms with Crippen molar-refractivity contribution in [2.45, 2.75) is 25.3 Å². The van der Waals surface area contributed by atoms with Crippen molar-refractivity contribution in [1.82, 2.24) is 4.90 Å². The molecule has 0 saturated carbocycles. The van der Waals surface area contributed by atoms with Gasteiger partial charge in [0, 0.05) is 19.5 Å². The predicted molar refractivity (Wildman–Crippen MR) is 80.9 cm³/mol. The first-order chi connectivity index (χ1) is 10.1. The molecule has 1 fully saturated rings. The van der Waals surface area contributed by atoms with E-state index in [1.807, 2.05) is 30.3 Å². The lowest BCUT2D eigenvalue weighted by atomic mass is 10.2. The minimum absolute atomic E-state index is 0.174. The van der Waals surface area contributed by atoms with Crippen LogP contribution in [0.25, 0.3) is 0 Å². The average molecular weight is 349 g/mol. The van der Waals surface area contributed by atoms with E-state index in [1.54, 1.807) is 4.90 Å². The Kier molecular flexibility index (Phi) is 5.23. The maximum Gasteiger partial charge on any atom is 0.265 e. The van der Waals surface area contributed by atoms with Gasteiger partial charge in [0.1, 0.15) is 6.23 Å². The zero-order valence-corrected chi connectivity index (χ0v) is 14.0. The van der Waals surface area contributed by atoms with E-state index in [0.29, 0.717) is 6.54 Å². The van der Waals surface area contributed by atoms with Crippen molar-refractivity contribution >= 4 is 20.2 Å². The second kappa shape index (κ2) is 6.63. The van der Waals surface area contributed by atoms with E-state index in [2.05, 4.69) is 0 Å². The standard InChI is InChI=1S/C13H19NO6S2/c1-21(15,16)19-12-8-13(20-22(2,17)18)14(10-12)9-11-6-4-3-5-7-11/h3-7,12-13H,8-10H2,1-2H3/t12-,13?/m0/s1. The summed E-state index contributed by atoms with van der Waals surface area (Å²) in [4.78, 5) is 1.76. The van der Waals surface area contributed by atoms with Gasteiger partial charge in [-0.25, -0.2) is 0 Å². The number of hydrogen-bond donors (Lipinski definition) is 0. The molecule has 1 aliphatic heterocycles. The lowest BCUT2D eigenvalue weighted by molar-refractivity contribution is 0.0619. The summed E-state index contributed by atoms with van der Waals surface area (Å²) in [6.45, 7) is 0.729. The molecule has 0 bridgehead atoms. The third-order valence-electron chi connectivity index (χ3n) is 3.14. The van der Waals surface area contributed by atoms with Crippen LogP contribution in [0.1, 0.15) is 12.0 Å². The topological polar surface area (TPSA) is 90.0 Å². The van der Waals surface area contributed by atoms with Crippen LogP contribution in [0.4, 0.5) is 0 Å². The highest BCUT2D eigenvalue weighted by Gasteiger charge is 2.37. The first-order valence-corrected chi connectivity index (χ1v) is 10.3. The maximum atomic E-state index is 11.4.